The standard InChI is InChI=1S/C13H14ClNO2/c14-9-2-3-10(12(16)17)11(6-9)15-7-13(8-15)4-1-5-13/h2-3,6H,1,4-5,7-8H2,(H,16,17). The molecule has 1 aliphatic heterocycles. The molecule has 4 heteroatoms. The highest BCUT2D eigenvalue weighted by Crippen LogP contribution is 2.50. The van der Waals surface area contributed by atoms with E-state index in [0.29, 0.717) is 16.0 Å². The number of nitrogens with zero attached hydrogens (tertiary/aromatic N) is 1. The van der Waals surface area contributed by atoms with Gasteiger partial charge in [0.15, 0.2) is 0 Å². The summed E-state index contributed by atoms with van der Waals surface area (Å²) in [6.07, 6.45) is 3.88. The van der Waals surface area contributed by atoms with E-state index in [-0.39, 0.29) is 0 Å². The van der Waals surface area contributed by atoms with E-state index in [9.17, 15) is 4.79 Å². The smallest absolute Gasteiger partial charge is 0.337 e. The van der Waals surface area contributed by atoms with Gasteiger partial charge in [0.05, 0.1) is 11.3 Å². The molecule has 0 aromatic heterocycles. The van der Waals surface area contributed by atoms with Crippen LogP contribution in [0.2, 0.25) is 5.02 Å². The van der Waals surface area contributed by atoms with Crippen molar-refractivity contribution in [1.29, 1.82) is 0 Å². The fraction of sp³-hybridized carbons (Fsp3) is 0.462. The quantitative estimate of drug-likeness (QED) is 0.878. The third-order valence-electron chi connectivity index (χ3n) is 4.00. The second-order valence-electron chi connectivity index (χ2n) is 5.18. The van der Waals surface area contributed by atoms with Gasteiger partial charge in [0.2, 0.25) is 0 Å². The predicted molar refractivity (Wildman–Crippen MR) is 66.9 cm³/mol. The number of aromatic carboxylic acids is 1. The first-order chi connectivity index (χ1) is 8.10. The molecule has 1 N–H and O–H groups in total. The highest BCUT2D eigenvalue weighted by Gasteiger charge is 2.47. The molecule has 1 heterocycles. The van der Waals surface area contributed by atoms with Gasteiger partial charge in [-0.1, -0.05) is 18.0 Å². The average molecular weight is 252 g/mol. The van der Waals surface area contributed by atoms with Crippen LogP contribution in [-0.2, 0) is 0 Å². The highest BCUT2D eigenvalue weighted by atomic mass is 35.5. The third kappa shape index (κ3) is 1.69. The fourth-order valence-corrected chi connectivity index (χ4v) is 3.04. The molecule has 0 amide bonds. The maximum atomic E-state index is 11.2. The minimum Gasteiger partial charge on any atom is -0.478 e. The maximum Gasteiger partial charge on any atom is 0.337 e. The van der Waals surface area contributed by atoms with Gasteiger partial charge >= 0.3 is 5.97 Å². The molecule has 3 rings (SSSR count). The van der Waals surface area contributed by atoms with Crippen molar-refractivity contribution in [2.24, 2.45) is 5.41 Å². The van der Waals surface area contributed by atoms with Crippen molar-refractivity contribution in [2.45, 2.75) is 19.3 Å². The number of rotatable bonds is 2. The number of carboxylic acids is 1. The van der Waals surface area contributed by atoms with E-state index < -0.39 is 5.97 Å². The van der Waals surface area contributed by atoms with Crippen LogP contribution in [0.1, 0.15) is 29.6 Å². The van der Waals surface area contributed by atoms with E-state index in [1.165, 1.54) is 19.3 Å². The molecule has 2 aliphatic rings. The largest absolute Gasteiger partial charge is 0.478 e. The van der Waals surface area contributed by atoms with Gasteiger partial charge in [-0.2, -0.15) is 0 Å². The van der Waals surface area contributed by atoms with Crippen molar-refractivity contribution in [3.8, 4) is 0 Å². The van der Waals surface area contributed by atoms with Crippen molar-refractivity contribution in [1.82, 2.24) is 0 Å². The minimum atomic E-state index is -0.883. The zero-order valence-electron chi connectivity index (χ0n) is 9.45. The van der Waals surface area contributed by atoms with Crippen LogP contribution >= 0.6 is 11.6 Å². The van der Waals surface area contributed by atoms with Crippen molar-refractivity contribution >= 4 is 23.3 Å². The van der Waals surface area contributed by atoms with Crippen LogP contribution in [0.3, 0.4) is 0 Å². The molecular formula is C13H14ClNO2. The molecule has 3 nitrogen and oxygen atoms in total. The second-order valence-corrected chi connectivity index (χ2v) is 5.61. The van der Waals surface area contributed by atoms with E-state index in [0.717, 1.165) is 18.8 Å². The van der Waals surface area contributed by atoms with Crippen molar-refractivity contribution in [3.05, 3.63) is 28.8 Å². The summed E-state index contributed by atoms with van der Waals surface area (Å²) in [6.45, 7) is 1.96. The molecule has 1 aliphatic carbocycles. The lowest BCUT2D eigenvalue weighted by Crippen LogP contribution is -2.60. The second kappa shape index (κ2) is 3.64. The molecule has 1 aromatic rings. The van der Waals surface area contributed by atoms with E-state index in [1.54, 1.807) is 18.2 Å². The van der Waals surface area contributed by atoms with Gasteiger partial charge in [0, 0.05) is 23.5 Å². The predicted octanol–water partition coefficient (Wildman–Crippen LogP) is 3.03. The number of carbonyl (C=O) groups is 1. The van der Waals surface area contributed by atoms with Gasteiger partial charge in [0.25, 0.3) is 0 Å². The molecule has 0 bridgehead atoms. The van der Waals surface area contributed by atoms with Crippen LogP contribution in [0.25, 0.3) is 0 Å². The number of anilines is 1. The fourth-order valence-electron chi connectivity index (χ4n) is 2.87. The molecule has 1 saturated heterocycles. The van der Waals surface area contributed by atoms with Crippen LogP contribution in [0.5, 0.6) is 0 Å². The molecule has 17 heavy (non-hydrogen) atoms. The molecule has 90 valence electrons. The number of carboxylic acid groups (broad SMARTS) is 1. The molecule has 1 spiro atoms. The summed E-state index contributed by atoms with van der Waals surface area (Å²) in [5, 5.41) is 9.75. The monoisotopic (exact) mass is 251 g/mol. The molecule has 0 unspecified atom stereocenters. The summed E-state index contributed by atoms with van der Waals surface area (Å²) in [5.74, 6) is -0.883. The van der Waals surface area contributed by atoms with Crippen LogP contribution in [0.4, 0.5) is 5.69 Å². The van der Waals surface area contributed by atoms with Gasteiger partial charge in [-0.15, -0.1) is 0 Å². The Kier molecular flexibility index (Phi) is 2.33. The number of halogens is 1. The average Bonchev–Trinajstić information content (AvgIpc) is 2.12. The maximum absolute atomic E-state index is 11.2. The number of hydrogen-bond acceptors (Lipinski definition) is 2. The Morgan fingerprint density at radius 1 is 1.35 bits per heavy atom. The highest BCUT2D eigenvalue weighted by molar-refractivity contribution is 6.31. The number of benzene rings is 1. The van der Waals surface area contributed by atoms with E-state index in [2.05, 4.69) is 4.90 Å². The van der Waals surface area contributed by atoms with E-state index in [4.69, 9.17) is 16.7 Å². The van der Waals surface area contributed by atoms with Gasteiger partial charge < -0.3 is 10.0 Å². The summed E-state index contributed by atoms with van der Waals surface area (Å²) in [6, 6.07) is 4.98. The molecule has 1 aromatic carbocycles. The van der Waals surface area contributed by atoms with Crippen molar-refractivity contribution in [3.63, 3.8) is 0 Å². The lowest BCUT2D eigenvalue weighted by atomic mass is 9.63. The van der Waals surface area contributed by atoms with Crippen molar-refractivity contribution < 1.29 is 9.90 Å². The topological polar surface area (TPSA) is 40.5 Å². The summed E-state index contributed by atoms with van der Waals surface area (Å²) in [5.41, 5.74) is 1.60. The van der Waals surface area contributed by atoms with Crippen LogP contribution in [-0.4, -0.2) is 24.2 Å². The Morgan fingerprint density at radius 2 is 2.06 bits per heavy atom. The van der Waals surface area contributed by atoms with Crippen molar-refractivity contribution in [2.75, 3.05) is 18.0 Å². The normalized spacial score (nSPS) is 20.9. The Hall–Kier alpha value is -1.22. The Bertz CT molecular complexity index is 474. The van der Waals surface area contributed by atoms with E-state index >= 15 is 0 Å². The third-order valence-corrected chi connectivity index (χ3v) is 4.23. The first-order valence-electron chi connectivity index (χ1n) is 5.88. The zero-order chi connectivity index (χ0) is 12.0. The van der Waals surface area contributed by atoms with Gasteiger partial charge in [-0.25, -0.2) is 4.79 Å². The van der Waals surface area contributed by atoms with Gasteiger partial charge in [-0.05, 0) is 31.0 Å². The SMILES string of the molecule is O=C(O)c1ccc(Cl)cc1N1CC2(CCC2)C1. The minimum absolute atomic E-state index is 0.351. The molecular weight excluding hydrogens is 238 g/mol. The van der Waals surface area contributed by atoms with Crippen LogP contribution < -0.4 is 4.90 Å². The summed E-state index contributed by atoms with van der Waals surface area (Å²) in [7, 11) is 0. The molecule has 2 fully saturated rings. The lowest BCUT2D eigenvalue weighted by molar-refractivity contribution is 0.0690. The number of hydrogen-bond donors (Lipinski definition) is 1. The first-order valence-corrected chi connectivity index (χ1v) is 6.25. The lowest BCUT2D eigenvalue weighted by Gasteiger charge is -2.57. The van der Waals surface area contributed by atoms with Crippen LogP contribution in [0.15, 0.2) is 18.2 Å². The van der Waals surface area contributed by atoms with Crippen LogP contribution in [0, 0.1) is 5.41 Å². The summed E-state index contributed by atoms with van der Waals surface area (Å²) < 4.78 is 0. The van der Waals surface area contributed by atoms with E-state index in [1.807, 2.05) is 0 Å². The molecule has 1 saturated carbocycles. The van der Waals surface area contributed by atoms with Gasteiger partial charge in [-0.3, -0.25) is 0 Å². The Balaban J connectivity index is 1.87. The first kappa shape index (κ1) is 10.9. The van der Waals surface area contributed by atoms with Gasteiger partial charge in [0.1, 0.15) is 0 Å². The summed E-state index contributed by atoms with van der Waals surface area (Å²) in [4.78, 5) is 13.3. The Labute approximate surface area is 105 Å². The zero-order valence-corrected chi connectivity index (χ0v) is 10.2. The molecule has 0 radical (unpaired) electrons. The summed E-state index contributed by atoms with van der Waals surface area (Å²) >= 11 is 5.95. The molecule has 0 atom stereocenters. The Morgan fingerprint density at radius 3 is 2.59 bits per heavy atom.